The fourth-order valence-corrected chi connectivity index (χ4v) is 3.13. The molecule has 0 amide bonds. The summed E-state index contributed by atoms with van der Waals surface area (Å²) in [5, 5.41) is 3.06. The molecule has 0 N–H and O–H groups in total. The third-order valence-electron chi connectivity index (χ3n) is 2.63. The molecule has 1 aliphatic heterocycles. The molecule has 1 aromatic heterocycles. The molecule has 82 valence electrons. The Morgan fingerprint density at radius 2 is 2.31 bits per heavy atom. The van der Waals surface area contributed by atoms with E-state index in [1.807, 2.05) is 5.38 Å². The third kappa shape index (κ3) is 1.87. The Bertz CT molecular complexity index is 523. The van der Waals surface area contributed by atoms with Crippen molar-refractivity contribution in [1.29, 1.82) is 0 Å². The Hall–Kier alpha value is -0.870. The van der Waals surface area contributed by atoms with Crippen LogP contribution in [0.3, 0.4) is 0 Å². The van der Waals surface area contributed by atoms with Gasteiger partial charge in [-0.3, -0.25) is 0 Å². The van der Waals surface area contributed by atoms with Crippen LogP contribution in [-0.2, 0) is 6.42 Å². The van der Waals surface area contributed by atoms with Crippen LogP contribution < -0.4 is 4.74 Å². The van der Waals surface area contributed by atoms with Gasteiger partial charge in [-0.2, -0.15) is 0 Å². The monoisotopic (exact) mass is 295 g/mol. The van der Waals surface area contributed by atoms with Crippen molar-refractivity contribution in [1.82, 2.24) is 4.98 Å². The van der Waals surface area contributed by atoms with Crippen LogP contribution in [0.15, 0.2) is 28.2 Å². The first-order chi connectivity index (χ1) is 7.83. The lowest BCUT2D eigenvalue weighted by molar-refractivity contribution is 0.288. The number of nitrogens with zero attached hydrogens (tertiary/aromatic N) is 1. The second kappa shape index (κ2) is 4.18. The van der Waals surface area contributed by atoms with Crippen molar-refractivity contribution in [3.63, 3.8) is 0 Å². The Kier molecular flexibility index (Phi) is 2.69. The SMILES string of the molecule is Brc1csc(-c2ccc3c(c2)CCCO3)n1. The molecule has 0 fully saturated rings. The highest BCUT2D eigenvalue weighted by molar-refractivity contribution is 9.10. The second-order valence-electron chi connectivity index (χ2n) is 3.75. The minimum Gasteiger partial charge on any atom is -0.493 e. The van der Waals surface area contributed by atoms with E-state index in [0.717, 1.165) is 34.8 Å². The van der Waals surface area contributed by atoms with Crippen LogP contribution in [0.1, 0.15) is 12.0 Å². The van der Waals surface area contributed by atoms with Crippen LogP contribution >= 0.6 is 27.3 Å². The van der Waals surface area contributed by atoms with Gasteiger partial charge < -0.3 is 4.74 Å². The van der Waals surface area contributed by atoms with Crippen LogP contribution in [0.2, 0.25) is 0 Å². The number of halogens is 1. The van der Waals surface area contributed by atoms with Gasteiger partial charge in [-0.15, -0.1) is 11.3 Å². The zero-order valence-electron chi connectivity index (χ0n) is 8.57. The van der Waals surface area contributed by atoms with Gasteiger partial charge in [0.1, 0.15) is 15.4 Å². The largest absolute Gasteiger partial charge is 0.493 e. The van der Waals surface area contributed by atoms with E-state index >= 15 is 0 Å². The van der Waals surface area contributed by atoms with Crippen molar-refractivity contribution in [3.05, 3.63) is 33.7 Å². The van der Waals surface area contributed by atoms with Gasteiger partial charge >= 0.3 is 0 Å². The third-order valence-corrected chi connectivity index (χ3v) is 4.23. The molecule has 0 unspecified atom stereocenters. The highest BCUT2D eigenvalue weighted by Gasteiger charge is 2.12. The molecule has 0 saturated heterocycles. The first-order valence-electron chi connectivity index (χ1n) is 5.20. The lowest BCUT2D eigenvalue weighted by Gasteiger charge is -2.17. The molecule has 0 atom stereocenters. The van der Waals surface area contributed by atoms with E-state index < -0.39 is 0 Å². The van der Waals surface area contributed by atoms with Gasteiger partial charge in [0.05, 0.1) is 6.61 Å². The van der Waals surface area contributed by atoms with Crippen LogP contribution in [0, 0.1) is 0 Å². The fourth-order valence-electron chi connectivity index (χ4n) is 1.88. The Labute approximate surface area is 106 Å². The zero-order valence-corrected chi connectivity index (χ0v) is 11.0. The van der Waals surface area contributed by atoms with E-state index in [1.54, 1.807) is 11.3 Å². The maximum Gasteiger partial charge on any atom is 0.124 e. The number of benzene rings is 1. The average Bonchev–Trinajstić information content (AvgIpc) is 2.75. The molecule has 1 aromatic carbocycles. The summed E-state index contributed by atoms with van der Waals surface area (Å²) in [6.45, 7) is 0.842. The van der Waals surface area contributed by atoms with Gasteiger partial charge in [-0.25, -0.2) is 4.98 Å². The minimum absolute atomic E-state index is 0.842. The summed E-state index contributed by atoms with van der Waals surface area (Å²) >= 11 is 5.03. The van der Waals surface area contributed by atoms with Crippen molar-refractivity contribution in [3.8, 4) is 16.3 Å². The van der Waals surface area contributed by atoms with Crippen LogP contribution in [0.25, 0.3) is 10.6 Å². The summed E-state index contributed by atoms with van der Waals surface area (Å²) in [5.74, 6) is 1.03. The molecule has 0 spiro atoms. The van der Waals surface area contributed by atoms with Gasteiger partial charge in [0.25, 0.3) is 0 Å². The normalized spacial score (nSPS) is 14.3. The molecule has 0 bridgehead atoms. The predicted octanol–water partition coefficient (Wildman–Crippen LogP) is 3.90. The number of ether oxygens (including phenoxy) is 1. The molecule has 0 saturated carbocycles. The summed E-state index contributed by atoms with van der Waals surface area (Å²) in [4.78, 5) is 4.42. The van der Waals surface area contributed by atoms with Crippen molar-refractivity contribution >= 4 is 27.3 Å². The first kappa shape index (κ1) is 10.3. The molecule has 2 aromatic rings. The summed E-state index contributed by atoms with van der Waals surface area (Å²) in [6, 6.07) is 6.33. The van der Waals surface area contributed by atoms with Gasteiger partial charge in [-0.05, 0) is 52.5 Å². The Morgan fingerprint density at radius 3 is 3.12 bits per heavy atom. The second-order valence-corrected chi connectivity index (χ2v) is 5.42. The summed E-state index contributed by atoms with van der Waals surface area (Å²) in [5.41, 5.74) is 2.48. The number of aryl methyl sites for hydroxylation is 1. The van der Waals surface area contributed by atoms with Gasteiger partial charge in [0.15, 0.2) is 0 Å². The Morgan fingerprint density at radius 1 is 1.38 bits per heavy atom. The first-order valence-corrected chi connectivity index (χ1v) is 6.87. The van der Waals surface area contributed by atoms with Crippen molar-refractivity contribution in [2.75, 3.05) is 6.61 Å². The minimum atomic E-state index is 0.842. The van der Waals surface area contributed by atoms with Gasteiger partial charge in [-0.1, -0.05) is 0 Å². The zero-order chi connectivity index (χ0) is 11.0. The molecular formula is C12H10BrNOS. The molecule has 0 radical (unpaired) electrons. The fraction of sp³-hybridized carbons (Fsp3) is 0.250. The highest BCUT2D eigenvalue weighted by atomic mass is 79.9. The molecule has 2 heterocycles. The van der Waals surface area contributed by atoms with E-state index in [2.05, 4.69) is 39.1 Å². The molecule has 16 heavy (non-hydrogen) atoms. The quantitative estimate of drug-likeness (QED) is 0.796. The average molecular weight is 296 g/mol. The highest BCUT2D eigenvalue weighted by Crippen LogP contribution is 2.32. The summed E-state index contributed by atoms with van der Waals surface area (Å²) in [7, 11) is 0. The van der Waals surface area contributed by atoms with Gasteiger partial charge in [0.2, 0.25) is 0 Å². The van der Waals surface area contributed by atoms with Crippen molar-refractivity contribution in [2.45, 2.75) is 12.8 Å². The number of aromatic nitrogens is 1. The topological polar surface area (TPSA) is 22.1 Å². The molecule has 3 rings (SSSR count). The molecule has 0 aliphatic carbocycles. The van der Waals surface area contributed by atoms with Crippen LogP contribution in [0.4, 0.5) is 0 Å². The summed E-state index contributed by atoms with van der Waals surface area (Å²) in [6.07, 6.45) is 2.22. The smallest absolute Gasteiger partial charge is 0.124 e. The lowest BCUT2D eigenvalue weighted by Crippen LogP contribution is -2.07. The van der Waals surface area contributed by atoms with E-state index in [0.29, 0.717) is 0 Å². The number of fused-ring (bicyclic) bond motifs is 1. The van der Waals surface area contributed by atoms with E-state index in [4.69, 9.17) is 4.74 Å². The van der Waals surface area contributed by atoms with Crippen LogP contribution in [0.5, 0.6) is 5.75 Å². The summed E-state index contributed by atoms with van der Waals surface area (Å²) < 4.78 is 6.50. The van der Waals surface area contributed by atoms with Crippen molar-refractivity contribution < 1.29 is 4.74 Å². The van der Waals surface area contributed by atoms with Gasteiger partial charge in [0, 0.05) is 10.9 Å². The predicted molar refractivity (Wildman–Crippen MR) is 69.1 cm³/mol. The molecule has 1 aliphatic rings. The molecule has 2 nitrogen and oxygen atoms in total. The maximum atomic E-state index is 5.59. The number of hydrogen-bond donors (Lipinski definition) is 0. The lowest BCUT2D eigenvalue weighted by atomic mass is 10.0. The van der Waals surface area contributed by atoms with E-state index in [-0.39, 0.29) is 0 Å². The number of rotatable bonds is 1. The maximum absolute atomic E-state index is 5.59. The number of hydrogen-bond acceptors (Lipinski definition) is 3. The van der Waals surface area contributed by atoms with E-state index in [1.165, 1.54) is 11.1 Å². The van der Waals surface area contributed by atoms with E-state index in [9.17, 15) is 0 Å². The number of thiazole rings is 1. The van der Waals surface area contributed by atoms with Crippen LogP contribution in [-0.4, -0.2) is 11.6 Å². The van der Waals surface area contributed by atoms with Crippen molar-refractivity contribution in [2.24, 2.45) is 0 Å². The Balaban J connectivity index is 2.02. The molecular weight excluding hydrogens is 286 g/mol. The standard InChI is InChI=1S/C12H10BrNOS/c13-11-7-16-12(14-11)9-3-4-10-8(6-9)2-1-5-15-10/h3-4,6-7H,1-2,5H2. The molecule has 4 heteroatoms.